The number of aryl methyl sites for hydroxylation is 1. The molecular formula is C23H24N2O3S. The first-order valence-electron chi connectivity index (χ1n) is 9.71. The van der Waals surface area contributed by atoms with Crippen molar-refractivity contribution in [1.82, 2.24) is 9.71 Å². The van der Waals surface area contributed by atoms with E-state index in [0.29, 0.717) is 30.7 Å². The van der Waals surface area contributed by atoms with E-state index in [9.17, 15) is 8.42 Å². The molecule has 0 radical (unpaired) electrons. The van der Waals surface area contributed by atoms with Crippen LogP contribution in [0.25, 0.3) is 21.7 Å². The Hall–Kier alpha value is -2.83. The zero-order valence-electron chi connectivity index (χ0n) is 16.5. The van der Waals surface area contributed by atoms with Crippen LogP contribution in [0.4, 0.5) is 0 Å². The number of hydrogen-bond donors (Lipinski definition) is 2. The topological polar surface area (TPSA) is 71.2 Å². The van der Waals surface area contributed by atoms with Gasteiger partial charge in [-0.25, -0.2) is 13.1 Å². The molecule has 5 nitrogen and oxygen atoms in total. The molecule has 0 unspecified atom stereocenters. The highest BCUT2D eigenvalue weighted by molar-refractivity contribution is 7.89. The molecule has 0 bridgehead atoms. The van der Waals surface area contributed by atoms with Gasteiger partial charge in [0.1, 0.15) is 5.75 Å². The van der Waals surface area contributed by atoms with E-state index in [0.717, 1.165) is 27.5 Å². The van der Waals surface area contributed by atoms with E-state index in [1.54, 1.807) is 12.1 Å². The molecule has 0 aliphatic rings. The monoisotopic (exact) mass is 408 g/mol. The Kier molecular flexibility index (Phi) is 5.30. The Bertz CT molecular complexity index is 1280. The van der Waals surface area contributed by atoms with Gasteiger partial charge < -0.3 is 9.72 Å². The van der Waals surface area contributed by atoms with Gasteiger partial charge in [0.2, 0.25) is 10.0 Å². The number of ether oxygens (including phenoxy) is 1. The summed E-state index contributed by atoms with van der Waals surface area (Å²) in [5.41, 5.74) is 3.28. The lowest BCUT2D eigenvalue weighted by Crippen LogP contribution is -2.26. The molecule has 4 rings (SSSR count). The number of benzene rings is 3. The van der Waals surface area contributed by atoms with Gasteiger partial charge in [0.05, 0.1) is 11.5 Å². The Morgan fingerprint density at radius 1 is 0.931 bits per heavy atom. The third-order valence-electron chi connectivity index (χ3n) is 5.13. The van der Waals surface area contributed by atoms with Gasteiger partial charge in [-0.2, -0.15) is 0 Å². The summed E-state index contributed by atoms with van der Waals surface area (Å²) in [7, 11) is -3.65. The first kappa shape index (κ1) is 19.5. The average Bonchev–Trinajstić information content (AvgIpc) is 3.03. The molecule has 1 aromatic heterocycles. The summed E-state index contributed by atoms with van der Waals surface area (Å²) in [6.45, 7) is 4.78. The number of fused-ring (bicyclic) bond motifs is 2. The molecule has 0 spiro atoms. The molecule has 4 aromatic rings. The van der Waals surface area contributed by atoms with E-state index >= 15 is 0 Å². The van der Waals surface area contributed by atoms with Gasteiger partial charge in [-0.15, -0.1) is 0 Å². The van der Waals surface area contributed by atoms with Crippen LogP contribution < -0.4 is 9.46 Å². The van der Waals surface area contributed by atoms with Crippen LogP contribution in [0, 0.1) is 6.92 Å². The van der Waals surface area contributed by atoms with Gasteiger partial charge in [-0.1, -0.05) is 42.5 Å². The van der Waals surface area contributed by atoms with Crippen molar-refractivity contribution < 1.29 is 13.2 Å². The highest BCUT2D eigenvalue weighted by Crippen LogP contribution is 2.31. The predicted octanol–water partition coefficient (Wildman–Crippen LogP) is 4.55. The lowest BCUT2D eigenvalue weighted by molar-refractivity contribution is 0.344. The van der Waals surface area contributed by atoms with Crippen LogP contribution in [0.1, 0.15) is 18.2 Å². The van der Waals surface area contributed by atoms with Crippen LogP contribution in [-0.2, 0) is 16.4 Å². The molecule has 0 saturated carbocycles. The standard InChI is InChI=1S/C23H24N2O3S/c1-3-28-22-12-13-23(20-10-5-4-9-19(20)22)29(26,27)24-15-14-17-16(2)25-21-11-7-6-8-18(17)21/h4-13,24-25H,3,14-15H2,1-2H3. The molecule has 0 amide bonds. The van der Waals surface area contributed by atoms with Gasteiger partial charge in [0.25, 0.3) is 0 Å². The summed E-state index contributed by atoms with van der Waals surface area (Å²) in [6, 6.07) is 18.8. The fraction of sp³-hybridized carbons (Fsp3) is 0.217. The van der Waals surface area contributed by atoms with E-state index in [1.165, 1.54) is 0 Å². The number of hydrogen-bond acceptors (Lipinski definition) is 3. The van der Waals surface area contributed by atoms with Gasteiger partial charge >= 0.3 is 0 Å². The molecule has 3 aromatic carbocycles. The van der Waals surface area contributed by atoms with Gasteiger partial charge in [0, 0.05) is 33.9 Å². The number of aromatic nitrogens is 1. The number of rotatable bonds is 7. The lowest BCUT2D eigenvalue weighted by Gasteiger charge is -2.13. The second-order valence-corrected chi connectivity index (χ2v) is 8.70. The number of H-pyrrole nitrogens is 1. The van der Waals surface area contributed by atoms with Crippen LogP contribution >= 0.6 is 0 Å². The maximum atomic E-state index is 13.0. The number of para-hydroxylation sites is 1. The fourth-order valence-corrected chi connectivity index (χ4v) is 5.05. The third-order valence-corrected chi connectivity index (χ3v) is 6.65. The molecule has 1 heterocycles. The molecule has 0 saturated heterocycles. The lowest BCUT2D eigenvalue weighted by atomic mass is 10.1. The zero-order valence-corrected chi connectivity index (χ0v) is 17.3. The molecule has 6 heteroatoms. The Morgan fingerprint density at radius 3 is 2.38 bits per heavy atom. The van der Waals surface area contributed by atoms with Crippen molar-refractivity contribution in [3.05, 3.63) is 71.9 Å². The molecule has 29 heavy (non-hydrogen) atoms. The van der Waals surface area contributed by atoms with Crippen molar-refractivity contribution in [3.8, 4) is 5.75 Å². The first-order chi connectivity index (χ1) is 14.0. The molecule has 0 aliphatic carbocycles. The Morgan fingerprint density at radius 2 is 1.62 bits per heavy atom. The molecule has 150 valence electrons. The Labute approximate surface area is 170 Å². The van der Waals surface area contributed by atoms with Crippen LogP contribution in [0.15, 0.2) is 65.6 Å². The van der Waals surface area contributed by atoms with E-state index in [-0.39, 0.29) is 4.90 Å². The minimum Gasteiger partial charge on any atom is -0.493 e. The minimum absolute atomic E-state index is 0.271. The van der Waals surface area contributed by atoms with E-state index < -0.39 is 10.0 Å². The van der Waals surface area contributed by atoms with Crippen LogP contribution in [0.2, 0.25) is 0 Å². The smallest absolute Gasteiger partial charge is 0.241 e. The highest BCUT2D eigenvalue weighted by Gasteiger charge is 2.19. The third kappa shape index (κ3) is 3.73. The van der Waals surface area contributed by atoms with Crippen molar-refractivity contribution >= 4 is 31.7 Å². The van der Waals surface area contributed by atoms with Gasteiger partial charge in [0.15, 0.2) is 0 Å². The quantitative estimate of drug-likeness (QED) is 0.471. The second-order valence-electron chi connectivity index (χ2n) is 6.96. The molecule has 0 aliphatic heterocycles. The molecular weight excluding hydrogens is 384 g/mol. The number of nitrogens with one attached hydrogen (secondary N) is 2. The van der Waals surface area contributed by atoms with E-state index in [1.807, 2.05) is 56.3 Å². The SMILES string of the molecule is CCOc1ccc(S(=O)(=O)NCCc2c(C)[nH]c3ccccc23)c2ccccc12. The van der Waals surface area contributed by atoms with E-state index in [4.69, 9.17) is 4.74 Å². The Balaban J connectivity index is 1.59. The highest BCUT2D eigenvalue weighted by atomic mass is 32.2. The maximum absolute atomic E-state index is 13.0. The second kappa shape index (κ2) is 7.89. The van der Waals surface area contributed by atoms with Crippen molar-refractivity contribution in [2.75, 3.05) is 13.2 Å². The van der Waals surface area contributed by atoms with Crippen LogP contribution in [-0.4, -0.2) is 26.6 Å². The van der Waals surface area contributed by atoms with Gasteiger partial charge in [-0.3, -0.25) is 0 Å². The van der Waals surface area contributed by atoms with E-state index in [2.05, 4.69) is 15.8 Å². The van der Waals surface area contributed by atoms with Crippen molar-refractivity contribution in [1.29, 1.82) is 0 Å². The maximum Gasteiger partial charge on any atom is 0.241 e. The summed E-state index contributed by atoms with van der Waals surface area (Å²) >= 11 is 0. The summed E-state index contributed by atoms with van der Waals surface area (Å²) in [5, 5.41) is 2.59. The summed E-state index contributed by atoms with van der Waals surface area (Å²) < 4.78 is 34.5. The van der Waals surface area contributed by atoms with Crippen LogP contribution in [0.5, 0.6) is 5.75 Å². The number of aromatic amines is 1. The van der Waals surface area contributed by atoms with Crippen LogP contribution in [0.3, 0.4) is 0 Å². The predicted molar refractivity (Wildman–Crippen MR) is 117 cm³/mol. The van der Waals surface area contributed by atoms with Gasteiger partial charge in [-0.05, 0) is 44.0 Å². The summed E-state index contributed by atoms with van der Waals surface area (Å²) in [4.78, 5) is 3.63. The van der Waals surface area contributed by atoms with Crippen molar-refractivity contribution in [3.63, 3.8) is 0 Å². The first-order valence-corrected chi connectivity index (χ1v) is 11.2. The molecule has 2 N–H and O–H groups in total. The minimum atomic E-state index is -3.65. The fourth-order valence-electron chi connectivity index (χ4n) is 3.80. The number of sulfonamides is 1. The normalized spacial score (nSPS) is 11.9. The van der Waals surface area contributed by atoms with Crippen molar-refractivity contribution in [2.45, 2.75) is 25.2 Å². The largest absolute Gasteiger partial charge is 0.493 e. The summed E-state index contributed by atoms with van der Waals surface area (Å²) in [6.07, 6.45) is 0.615. The summed E-state index contributed by atoms with van der Waals surface area (Å²) in [5.74, 6) is 0.691. The molecule has 0 fully saturated rings. The van der Waals surface area contributed by atoms with Crippen molar-refractivity contribution in [2.24, 2.45) is 0 Å². The average molecular weight is 409 g/mol. The molecule has 0 atom stereocenters. The zero-order chi connectivity index (χ0) is 20.4.